The molecule has 2 aromatic carbocycles. The smallest absolute Gasteiger partial charge is 0.262 e. The fourth-order valence-electron chi connectivity index (χ4n) is 3.35. The number of anilines is 3. The van der Waals surface area contributed by atoms with Crippen LogP contribution in [0.2, 0.25) is 0 Å². The van der Waals surface area contributed by atoms with Crippen molar-refractivity contribution >= 4 is 38.9 Å². The van der Waals surface area contributed by atoms with Gasteiger partial charge >= 0.3 is 0 Å². The van der Waals surface area contributed by atoms with Gasteiger partial charge in [0.25, 0.3) is 15.9 Å². The Bertz CT molecular complexity index is 1140. The molecule has 4 rings (SSSR count). The molecule has 9 heteroatoms. The summed E-state index contributed by atoms with van der Waals surface area (Å²) in [4.78, 5) is 23.6. The molecule has 146 valence electrons. The fourth-order valence-corrected chi connectivity index (χ4v) is 4.64. The zero-order chi connectivity index (χ0) is 20.3. The van der Waals surface area contributed by atoms with Gasteiger partial charge in [0.1, 0.15) is 5.75 Å². The maximum atomic E-state index is 13.0. The predicted octanol–water partition coefficient (Wildman–Crippen LogP) is 2.36. The van der Waals surface area contributed by atoms with Crippen molar-refractivity contribution in [2.45, 2.75) is 31.1 Å². The molecule has 28 heavy (non-hydrogen) atoms. The summed E-state index contributed by atoms with van der Waals surface area (Å²) in [5, 5.41) is 5.44. The van der Waals surface area contributed by atoms with Gasteiger partial charge in [0, 0.05) is 17.4 Å². The van der Waals surface area contributed by atoms with Gasteiger partial charge in [-0.2, -0.15) is 0 Å². The fraction of sp³-hybridized carbons (Fsp3) is 0.263. The quantitative estimate of drug-likeness (QED) is 0.731. The number of aryl methyl sites for hydroxylation is 1. The molecule has 8 nitrogen and oxygen atoms in total. The van der Waals surface area contributed by atoms with Crippen molar-refractivity contribution in [3.05, 3.63) is 41.5 Å². The number of rotatable bonds is 3. The van der Waals surface area contributed by atoms with Crippen LogP contribution in [-0.2, 0) is 25.0 Å². The topological polar surface area (TPSA) is 114 Å². The minimum atomic E-state index is -3.91. The van der Waals surface area contributed by atoms with E-state index < -0.39 is 15.4 Å². The van der Waals surface area contributed by atoms with Gasteiger partial charge in [0.2, 0.25) is 5.91 Å². The lowest BCUT2D eigenvalue weighted by molar-refractivity contribution is -0.120. The number of carbonyl (C=O) groups excluding carboxylic acids is 2. The van der Waals surface area contributed by atoms with E-state index in [-0.39, 0.29) is 23.3 Å². The molecule has 2 amide bonds. The number of sulfonamides is 1. The molecule has 0 aromatic heterocycles. The molecule has 2 aliphatic heterocycles. The second-order valence-corrected chi connectivity index (χ2v) is 9.05. The summed E-state index contributed by atoms with van der Waals surface area (Å²) in [5.74, 6) is -0.118. The van der Waals surface area contributed by atoms with Crippen LogP contribution < -0.4 is 20.1 Å². The molecule has 0 saturated heterocycles. The van der Waals surface area contributed by atoms with Crippen LogP contribution in [-0.4, -0.2) is 26.8 Å². The van der Waals surface area contributed by atoms with Crippen LogP contribution in [0.4, 0.5) is 17.1 Å². The Morgan fingerprint density at radius 2 is 1.82 bits per heavy atom. The average Bonchev–Trinajstić information content (AvgIpc) is 2.83. The van der Waals surface area contributed by atoms with E-state index in [2.05, 4.69) is 15.4 Å². The van der Waals surface area contributed by atoms with Crippen LogP contribution in [0, 0.1) is 6.92 Å². The zero-order valence-corrected chi connectivity index (χ0v) is 16.4. The van der Waals surface area contributed by atoms with Gasteiger partial charge in [-0.15, -0.1) is 0 Å². The van der Waals surface area contributed by atoms with Crippen LogP contribution in [0.3, 0.4) is 0 Å². The minimum Gasteiger partial charge on any atom is -0.482 e. The summed E-state index contributed by atoms with van der Waals surface area (Å²) in [6, 6.07) is 7.90. The molecule has 0 unspecified atom stereocenters. The summed E-state index contributed by atoms with van der Waals surface area (Å²) in [6.45, 7) is 5.05. The summed E-state index contributed by atoms with van der Waals surface area (Å²) < 4.78 is 33.8. The Kier molecular flexibility index (Phi) is 3.90. The van der Waals surface area contributed by atoms with Crippen molar-refractivity contribution in [2.24, 2.45) is 0 Å². The highest BCUT2D eigenvalue weighted by Gasteiger charge is 2.38. The third-order valence-corrected chi connectivity index (χ3v) is 6.48. The molecule has 0 bridgehead atoms. The predicted molar refractivity (Wildman–Crippen MR) is 104 cm³/mol. The first kappa shape index (κ1) is 18.3. The zero-order valence-electron chi connectivity index (χ0n) is 15.5. The van der Waals surface area contributed by atoms with Crippen LogP contribution >= 0.6 is 0 Å². The van der Waals surface area contributed by atoms with Crippen molar-refractivity contribution in [2.75, 3.05) is 22.0 Å². The Morgan fingerprint density at radius 1 is 1.07 bits per heavy atom. The highest BCUT2D eigenvalue weighted by molar-refractivity contribution is 7.92. The summed E-state index contributed by atoms with van der Waals surface area (Å²) >= 11 is 0. The van der Waals surface area contributed by atoms with E-state index in [9.17, 15) is 18.0 Å². The van der Waals surface area contributed by atoms with E-state index in [1.165, 1.54) is 6.07 Å². The van der Waals surface area contributed by atoms with Crippen molar-refractivity contribution in [1.29, 1.82) is 0 Å². The summed E-state index contributed by atoms with van der Waals surface area (Å²) in [7, 11) is -3.91. The van der Waals surface area contributed by atoms with Crippen LogP contribution in [0.25, 0.3) is 0 Å². The number of fused-ring (bicyclic) bond motifs is 2. The molecule has 2 aromatic rings. The first-order valence-electron chi connectivity index (χ1n) is 8.64. The SMILES string of the molecule is Cc1cc2c(cc1S(=O)(=O)Nc1ccc3c(c1)C(C)(C)C(=O)N3)OCC(=O)N2. The number of benzene rings is 2. The van der Waals surface area contributed by atoms with Crippen LogP contribution in [0.15, 0.2) is 35.2 Å². The Balaban J connectivity index is 1.69. The minimum absolute atomic E-state index is 0.0522. The summed E-state index contributed by atoms with van der Waals surface area (Å²) in [6.07, 6.45) is 0. The lowest BCUT2D eigenvalue weighted by Gasteiger charge is -2.20. The lowest BCUT2D eigenvalue weighted by atomic mass is 9.86. The maximum Gasteiger partial charge on any atom is 0.262 e. The second kappa shape index (κ2) is 5.96. The van der Waals surface area contributed by atoms with Crippen molar-refractivity contribution in [1.82, 2.24) is 0 Å². The largest absolute Gasteiger partial charge is 0.482 e. The molecule has 0 saturated carbocycles. The molecule has 3 N–H and O–H groups in total. The highest BCUT2D eigenvalue weighted by atomic mass is 32.2. The Morgan fingerprint density at radius 3 is 2.57 bits per heavy atom. The van der Waals surface area contributed by atoms with E-state index in [1.807, 2.05) is 0 Å². The van der Waals surface area contributed by atoms with E-state index in [0.717, 1.165) is 5.56 Å². The number of ether oxygens (including phenoxy) is 1. The monoisotopic (exact) mass is 401 g/mol. The normalized spacial score (nSPS) is 17.1. The standard InChI is InChI=1S/C19H19N3O5S/c1-10-6-14-15(27-9-17(23)20-14)8-16(10)28(25,26)22-11-4-5-13-12(7-11)19(2,3)18(24)21-13/h4-8,22H,9H2,1-3H3,(H,20,23)(H,21,24). The lowest BCUT2D eigenvalue weighted by Crippen LogP contribution is -2.27. The van der Waals surface area contributed by atoms with Crippen molar-refractivity contribution < 1.29 is 22.7 Å². The number of nitrogens with one attached hydrogen (secondary N) is 3. The Labute approximate surface area is 162 Å². The van der Waals surface area contributed by atoms with Gasteiger partial charge in [-0.25, -0.2) is 8.42 Å². The number of hydrogen-bond donors (Lipinski definition) is 3. The van der Waals surface area contributed by atoms with E-state index >= 15 is 0 Å². The molecular weight excluding hydrogens is 382 g/mol. The summed E-state index contributed by atoms with van der Waals surface area (Å²) in [5.41, 5.74) is 1.92. The molecule has 2 aliphatic rings. The number of amides is 2. The van der Waals surface area contributed by atoms with Crippen LogP contribution in [0.5, 0.6) is 5.75 Å². The van der Waals surface area contributed by atoms with Crippen molar-refractivity contribution in [3.8, 4) is 5.75 Å². The molecule has 0 spiro atoms. The number of hydrogen-bond acceptors (Lipinski definition) is 5. The third kappa shape index (κ3) is 2.88. The maximum absolute atomic E-state index is 13.0. The molecule has 0 radical (unpaired) electrons. The van der Waals surface area contributed by atoms with Gasteiger partial charge in [-0.1, -0.05) is 0 Å². The van der Waals surface area contributed by atoms with Crippen molar-refractivity contribution in [3.63, 3.8) is 0 Å². The molecule has 2 heterocycles. The first-order chi connectivity index (χ1) is 13.1. The van der Waals surface area contributed by atoms with E-state index in [0.29, 0.717) is 28.4 Å². The molecule has 0 aliphatic carbocycles. The van der Waals surface area contributed by atoms with E-state index in [1.54, 1.807) is 45.0 Å². The van der Waals surface area contributed by atoms with Gasteiger partial charge in [0.05, 0.1) is 16.0 Å². The molecular formula is C19H19N3O5S. The van der Waals surface area contributed by atoms with Gasteiger partial charge < -0.3 is 15.4 Å². The van der Waals surface area contributed by atoms with Gasteiger partial charge in [-0.3, -0.25) is 14.3 Å². The van der Waals surface area contributed by atoms with Gasteiger partial charge in [-0.05, 0) is 56.2 Å². The Hall–Kier alpha value is -3.07. The molecule has 0 atom stereocenters. The second-order valence-electron chi connectivity index (χ2n) is 7.40. The highest BCUT2D eigenvalue weighted by Crippen LogP contribution is 2.39. The average molecular weight is 401 g/mol. The first-order valence-corrected chi connectivity index (χ1v) is 10.1. The number of carbonyl (C=O) groups is 2. The van der Waals surface area contributed by atoms with Crippen LogP contribution in [0.1, 0.15) is 25.0 Å². The van der Waals surface area contributed by atoms with E-state index in [4.69, 9.17) is 4.74 Å². The van der Waals surface area contributed by atoms with Gasteiger partial charge in [0.15, 0.2) is 6.61 Å². The third-order valence-electron chi connectivity index (χ3n) is 4.96. The molecule has 0 fully saturated rings.